The lowest BCUT2D eigenvalue weighted by molar-refractivity contribution is -0.0284. The first-order valence-electron chi connectivity index (χ1n) is 8.80. The second kappa shape index (κ2) is 11.0. The highest BCUT2D eigenvalue weighted by Gasteiger charge is 2.40. The number of benzene rings is 1. The lowest BCUT2D eigenvalue weighted by Crippen LogP contribution is -2.40. The molecule has 0 saturated heterocycles. The summed E-state index contributed by atoms with van der Waals surface area (Å²) < 4.78 is 14.2. The highest BCUT2D eigenvalue weighted by atomic mass is 35.5. The lowest BCUT2D eigenvalue weighted by Gasteiger charge is -2.41. The van der Waals surface area contributed by atoms with Crippen LogP contribution in [0.3, 0.4) is 0 Å². The van der Waals surface area contributed by atoms with Gasteiger partial charge in [-0.1, -0.05) is 44.9 Å². The van der Waals surface area contributed by atoms with Gasteiger partial charge >= 0.3 is 0 Å². The summed E-state index contributed by atoms with van der Waals surface area (Å²) in [6, 6.07) is 6.96. The van der Waals surface area contributed by atoms with Gasteiger partial charge in [-0.2, -0.15) is 0 Å². The Morgan fingerprint density at radius 3 is 2.50 bits per heavy atom. The summed E-state index contributed by atoms with van der Waals surface area (Å²) >= 11 is 0. The van der Waals surface area contributed by atoms with Gasteiger partial charge in [-0.15, -0.1) is 12.4 Å². The van der Waals surface area contributed by atoms with E-state index in [9.17, 15) is 9.50 Å². The molecule has 3 N–H and O–H groups in total. The van der Waals surface area contributed by atoms with Crippen molar-refractivity contribution in [1.82, 2.24) is 4.90 Å². The number of hydrogen-bond donors (Lipinski definition) is 1. The second-order valence-corrected chi connectivity index (χ2v) is 6.55. The Hall–Kier alpha value is -0.680. The molecule has 2 rings (SSSR count). The molecule has 1 aromatic carbocycles. The maximum absolute atomic E-state index is 14.2. The third kappa shape index (κ3) is 5.69. The standard InChI is InChI=1S/C19H30FNO.ClH.H2O/c1-3-21(4-2)15-9-14-19(22)13-8-7-11-17(19)16-10-5-6-12-18(16)20;;/h5-6,10,12,17,22H,3-4,7-9,11,13-15H2,1-2H3;1H;1H2/t17-,19+;;/m0../s1. The van der Waals surface area contributed by atoms with Crippen LogP contribution in [-0.2, 0) is 0 Å². The summed E-state index contributed by atoms with van der Waals surface area (Å²) in [4.78, 5) is 2.38. The van der Waals surface area contributed by atoms with Gasteiger partial charge in [0.25, 0.3) is 0 Å². The van der Waals surface area contributed by atoms with Crippen molar-refractivity contribution in [2.45, 2.75) is 63.9 Å². The predicted octanol–water partition coefficient (Wildman–Crippen LogP) is 3.93. The molecule has 1 aromatic rings. The van der Waals surface area contributed by atoms with Crippen LogP contribution in [0.1, 0.15) is 63.9 Å². The Kier molecular flexibility index (Phi) is 10.7. The molecule has 2 atom stereocenters. The van der Waals surface area contributed by atoms with Gasteiger partial charge < -0.3 is 15.5 Å². The molecule has 0 unspecified atom stereocenters. The minimum Gasteiger partial charge on any atom is -0.412 e. The van der Waals surface area contributed by atoms with Gasteiger partial charge in [0.15, 0.2) is 0 Å². The van der Waals surface area contributed by atoms with E-state index < -0.39 is 5.60 Å². The molecule has 24 heavy (non-hydrogen) atoms. The van der Waals surface area contributed by atoms with Crippen molar-refractivity contribution in [3.05, 3.63) is 35.6 Å². The third-order valence-electron chi connectivity index (χ3n) is 5.26. The molecule has 1 fully saturated rings. The molecule has 0 aromatic heterocycles. The zero-order valence-corrected chi connectivity index (χ0v) is 15.7. The molecule has 5 heteroatoms. The number of halogens is 2. The Morgan fingerprint density at radius 1 is 1.21 bits per heavy atom. The van der Waals surface area contributed by atoms with Gasteiger partial charge in [-0.05, 0) is 56.9 Å². The van der Waals surface area contributed by atoms with Gasteiger partial charge in [-0.3, -0.25) is 0 Å². The monoisotopic (exact) mass is 361 g/mol. The Bertz CT molecular complexity index is 470. The SMILES string of the molecule is CCN(CC)CCC[C@]1(O)CCCC[C@H]1c1ccccc1F.Cl.O. The molecule has 0 heterocycles. The first-order valence-corrected chi connectivity index (χ1v) is 8.80. The molecule has 1 saturated carbocycles. The second-order valence-electron chi connectivity index (χ2n) is 6.55. The molecule has 0 amide bonds. The highest BCUT2D eigenvalue weighted by Crippen LogP contribution is 2.44. The van der Waals surface area contributed by atoms with Crippen LogP contribution in [0.2, 0.25) is 0 Å². The highest BCUT2D eigenvalue weighted by molar-refractivity contribution is 5.85. The van der Waals surface area contributed by atoms with Crippen molar-refractivity contribution in [2.75, 3.05) is 19.6 Å². The van der Waals surface area contributed by atoms with E-state index in [1.165, 1.54) is 6.07 Å². The molecule has 3 nitrogen and oxygen atoms in total. The van der Waals surface area contributed by atoms with Crippen LogP contribution >= 0.6 is 12.4 Å². The van der Waals surface area contributed by atoms with Crippen LogP contribution in [0.5, 0.6) is 0 Å². The summed E-state index contributed by atoms with van der Waals surface area (Å²) in [6.45, 7) is 7.44. The van der Waals surface area contributed by atoms with E-state index >= 15 is 0 Å². The van der Waals surface area contributed by atoms with E-state index in [0.29, 0.717) is 5.56 Å². The Labute approximate surface area is 152 Å². The number of hydrogen-bond acceptors (Lipinski definition) is 2. The molecular formula is C19H33ClFNO2. The van der Waals surface area contributed by atoms with Gasteiger partial charge in [0, 0.05) is 5.92 Å². The van der Waals surface area contributed by atoms with Crippen molar-refractivity contribution in [1.29, 1.82) is 0 Å². The Balaban J connectivity index is 0.00000264. The molecule has 0 spiro atoms. The zero-order valence-electron chi connectivity index (χ0n) is 14.9. The summed E-state index contributed by atoms with van der Waals surface area (Å²) in [7, 11) is 0. The minimum absolute atomic E-state index is 0. The molecule has 1 aliphatic rings. The predicted molar refractivity (Wildman–Crippen MR) is 100 cm³/mol. The normalized spacial score (nSPS) is 23.5. The smallest absolute Gasteiger partial charge is 0.126 e. The molecule has 140 valence electrons. The number of rotatable bonds is 7. The van der Waals surface area contributed by atoms with Crippen LogP contribution in [0, 0.1) is 5.82 Å². The summed E-state index contributed by atoms with van der Waals surface area (Å²) in [5, 5.41) is 11.2. The zero-order chi connectivity index (χ0) is 16.0. The molecule has 0 aliphatic heterocycles. The van der Waals surface area contributed by atoms with Gasteiger partial charge in [-0.25, -0.2) is 4.39 Å². The van der Waals surface area contributed by atoms with Crippen LogP contribution in [0.25, 0.3) is 0 Å². The van der Waals surface area contributed by atoms with Gasteiger partial charge in [0.2, 0.25) is 0 Å². The summed E-state index contributed by atoms with van der Waals surface area (Å²) in [5.74, 6) is -0.226. The molecule has 0 bridgehead atoms. The van der Waals surface area contributed by atoms with Crippen molar-refractivity contribution >= 4 is 12.4 Å². The molecule has 0 radical (unpaired) electrons. The maximum Gasteiger partial charge on any atom is 0.126 e. The topological polar surface area (TPSA) is 55.0 Å². The van der Waals surface area contributed by atoms with Crippen LogP contribution in [0.4, 0.5) is 4.39 Å². The van der Waals surface area contributed by atoms with E-state index in [2.05, 4.69) is 18.7 Å². The van der Waals surface area contributed by atoms with Crippen molar-refractivity contribution < 1.29 is 15.0 Å². The average molecular weight is 362 g/mol. The fraction of sp³-hybridized carbons (Fsp3) is 0.684. The summed E-state index contributed by atoms with van der Waals surface area (Å²) in [6.07, 6.45) is 5.56. The lowest BCUT2D eigenvalue weighted by atomic mass is 9.70. The number of nitrogens with zero attached hydrogens (tertiary/aromatic N) is 1. The van der Waals surface area contributed by atoms with Crippen LogP contribution in [-0.4, -0.2) is 40.7 Å². The summed E-state index contributed by atoms with van der Waals surface area (Å²) in [5.41, 5.74) is -0.0410. The number of aliphatic hydroxyl groups is 1. The van der Waals surface area contributed by atoms with E-state index in [-0.39, 0.29) is 29.6 Å². The van der Waals surface area contributed by atoms with E-state index in [4.69, 9.17) is 0 Å². The fourth-order valence-corrected chi connectivity index (χ4v) is 3.87. The first kappa shape index (κ1) is 23.3. The maximum atomic E-state index is 14.2. The average Bonchev–Trinajstić information content (AvgIpc) is 2.53. The van der Waals surface area contributed by atoms with Crippen molar-refractivity contribution in [3.63, 3.8) is 0 Å². The van der Waals surface area contributed by atoms with Gasteiger partial charge in [0.1, 0.15) is 5.82 Å². The van der Waals surface area contributed by atoms with Crippen molar-refractivity contribution in [2.24, 2.45) is 0 Å². The fourth-order valence-electron chi connectivity index (χ4n) is 3.87. The molecule has 1 aliphatic carbocycles. The van der Waals surface area contributed by atoms with Crippen LogP contribution in [0.15, 0.2) is 24.3 Å². The minimum atomic E-state index is -0.742. The largest absolute Gasteiger partial charge is 0.412 e. The third-order valence-corrected chi connectivity index (χ3v) is 5.26. The Morgan fingerprint density at radius 2 is 1.88 bits per heavy atom. The van der Waals surface area contributed by atoms with Crippen LogP contribution < -0.4 is 0 Å². The molecular weight excluding hydrogens is 329 g/mol. The van der Waals surface area contributed by atoms with E-state index in [0.717, 1.165) is 58.2 Å². The van der Waals surface area contributed by atoms with Gasteiger partial charge in [0.05, 0.1) is 5.60 Å². The quantitative estimate of drug-likeness (QED) is 0.799. The first-order chi connectivity index (χ1) is 10.6. The van der Waals surface area contributed by atoms with E-state index in [1.807, 2.05) is 12.1 Å². The van der Waals surface area contributed by atoms with E-state index in [1.54, 1.807) is 6.07 Å². The van der Waals surface area contributed by atoms with Crippen molar-refractivity contribution in [3.8, 4) is 0 Å².